The van der Waals surface area contributed by atoms with Crippen molar-refractivity contribution >= 4 is 28.9 Å². The predicted molar refractivity (Wildman–Crippen MR) is 109 cm³/mol. The third-order valence-electron chi connectivity index (χ3n) is 4.82. The minimum atomic E-state index is -0.446. The highest BCUT2D eigenvalue weighted by Crippen LogP contribution is 2.36. The van der Waals surface area contributed by atoms with Crippen molar-refractivity contribution in [1.29, 1.82) is 0 Å². The molecule has 2 aromatic carbocycles. The van der Waals surface area contributed by atoms with E-state index >= 15 is 0 Å². The Hall–Kier alpha value is -3.22. The van der Waals surface area contributed by atoms with Crippen molar-refractivity contribution in [2.24, 2.45) is 5.92 Å². The quantitative estimate of drug-likeness (QED) is 0.831. The molecule has 1 aliphatic rings. The van der Waals surface area contributed by atoms with E-state index in [4.69, 9.17) is 9.47 Å². The molecule has 2 amide bonds. The van der Waals surface area contributed by atoms with Gasteiger partial charge < -0.3 is 24.6 Å². The van der Waals surface area contributed by atoms with Gasteiger partial charge in [0, 0.05) is 33.1 Å². The number of methoxy groups -OCH3 is 2. The standard InChI is InChI=1S/C21H25N3O4/c1-23(2)17-8-6-5-7-16(17)22-21(26)14-11-20(25)24(13-14)18-12-15(27-3)9-10-19(18)28-4/h5-10,12,14H,11,13H2,1-4H3,(H,22,26). The summed E-state index contributed by atoms with van der Waals surface area (Å²) in [6, 6.07) is 12.8. The number of rotatable bonds is 6. The van der Waals surface area contributed by atoms with Crippen LogP contribution in [0.2, 0.25) is 0 Å². The fourth-order valence-corrected chi connectivity index (χ4v) is 3.33. The molecule has 0 saturated carbocycles. The van der Waals surface area contributed by atoms with E-state index in [1.54, 1.807) is 37.3 Å². The van der Waals surface area contributed by atoms with Crippen molar-refractivity contribution in [3.63, 3.8) is 0 Å². The summed E-state index contributed by atoms with van der Waals surface area (Å²) < 4.78 is 10.6. The molecule has 0 radical (unpaired) electrons. The molecule has 0 aliphatic carbocycles. The number of amides is 2. The second-order valence-corrected chi connectivity index (χ2v) is 6.84. The fraction of sp³-hybridized carbons (Fsp3) is 0.333. The summed E-state index contributed by atoms with van der Waals surface area (Å²) in [5, 5.41) is 2.96. The minimum absolute atomic E-state index is 0.118. The van der Waals surface area contributed by atoms with Crippen molar-refractivity contribution < 1.29 is 19.1 Å². The summed E-state index contributed by atoms with van der Waals surface area (Å²) in [6.07, 6.45) is 0.149. The monoisotopic (exact) mass is 383 g/mol. The summed E-state index contributed by atoms with van der Waals surface area (Å²) >= 11 is 0. The number of carbonyl (C=O) groups excluding carboxylic acids is 2. The van der Waals surface area contributed by atoms with Gasteiger partial charge in [0.05, 0.1) is 37.2 Å². The molecule has 1 N–H and O–H groups in total. The lowest BCUT2D eigenvalue weighted by atomic mass is 10.1. The first-order valence-corrected chi connectivity index (χ1v) is 9.04. The Bertz CT molecular complexity index is 882. The molecule has 7 nitrogen and oxygen atoms in total. The highest BCUT2D eigenvalue weighted by Gasteiger charge is 2.36. The van der Waals surface area contributed by atoms with Crippen LogP contribution < -0.4 is 24.6 Å². The predicted octanol–water partition coefficient (Wildman–Crippen LogP) is 2.76. The van der Waals surface area contributed by atoms with Crippen molar-refractivity contribution in [2.75, 3.05) is 50.0 Å². The maximum Gasteiger partial charge on any atom is 0.229 e. The molecule has 7 heteroatoms. The number of para-hydroxylation sites is 2. The summed E-state index contributed by atoms with van der Waals surface area (Å²) in [5.74, 6) is 0.447. The van der Waals surface area contributed by atoms with Crippen molar-refractivity contribution in [1.82, 2.24) is 0 Å². The molecule has 3 rings (SSSR count). The molecule has 1 saturated heterocycles. The third kappa shape index (κ3) is 3.88. The summed E-state index contributed by atoms with van der Waals surface area (Å²) in [6.45, 7) is 0.290. The number of nitrogens with one attached hydrogen (secondary N) is 1. The maximum atomic E-state index is 12.8. The first-order chi connectivity index (χ1) is 13.4. The van der Waals surface area contributed by atoms with E-state index in [9.17, 15) is 9.59 Å². The maximum absolute atomic E-state index is 12.8. The third-order valence-corrected chi connectivity index (χ3v) is 4.82. The Morgan fingerprint density at radius 3 is 2.57 bits per heavy atom. The lowest BCUT2D eigenvalue weighted by molar-refractivity contribution is -0.122. The molecule has 148 valence electrons. The summed E-state index contributed by atoms with van der Waals surface area (Å²) in [5.41, 5.74) is 2.24. The fourth-order valence-electron chi connectivity index (χ4n) is 3.33. The molecule has 1 atom stereocenters. The first-order valence-electron chi connectivity index (χ1n) is 9.04. The minimum Gasteiger partial charge on any atom is -0.497 e. The number of hydrogen-bond acceptors (Lipinski definition) is 5. The van der Waals surface area contributed by atoms with Gasteiger partial charge in [-0.05, 0) is 24.3 Å². The Morgan fingerprint density at radius 1 is 1.14 bits per heavy atom. The van der Waals surface area contributed by atoms with Crippen LogP contribution in [0.1, 0.15) is 6.42 Å². The molecule has 0 spiro atoms. The Morgan fingerprint density at radius 2 is 1.89 bits per heavy atom. The molecule has 28 heavy (non-hydrogen) atoms. The van der Waals surface area contributed by atoms with Crippen LogP contribution in [-0.2, 0) is 9.59 Å². The zero-order valence-corrected chi connectivity index (χ0v) is 16.6. The van der Waals surface area contributed by atoms with Gasteiger partial charge in [-0.1, -0.05) is 12.1 Å². The van der Waals surface area contributed by atoms with Gasteiger partial charge >= 0.3 is 0 Å². The van der Waals surface area contributed by atoms with Crippen LogP contribution in [0.15, 0.2) is 42.5 Å². The van der Waals surface area contributed by atoms with Gasteiger partial charge in [-0.3, -0.25) is 9.59 Å². The molecule has 0 aromatic heterocycles. The average molecular weight is 383 g/mol. The second-order valence-electron chi connectivity index (χ2n) is 6.84. The van der Waals surface area contributed by atoms with E-state index in [1.165, 1.54) is 0 Å². The number of anilines is 3. The molecule has 1 heterocycles. The number of nitrogens with zero attached hydrogens (tertiary/aromatic N) is 2. The largest absolute Gasteiger partial charge is 0.497 e. The SMILES string of the molecule is COc1ccc(OC)c(N2CC(C(=O)Nc3ccccc3N(C)C)CC2=O)c1. The molecule has 0 bridgehead atoms. The van der Waals surface area contributed by atoms with Gasteiger partial charge in [0.25, 0.3) is 0 Å². The lowest BCUT2D eigenvalue weighted by Crippen LogP contribution is -2.28. The summed E-state index contributed by atoms with van der Waals surface area (Å²) in [7, 11) is 6.95. The zero-order valence-electron chi connectivity index (χ0n) is 16.6. The number of ether oxygens (including phenoxy) is 2. The molecule has 1 fully saturated rings. The van der Waals surface area contributed by atoms with Crippen molar-refractivity contribution in [2.45, 2.75) is 6.42 Å². The summed E-state index contributed by atoms with van der Waals surface area (Å²) in [4.78, 5) is 29.0. The van der Waals surface area contributed by atoms with Gasteiger partial charge in [-0.15, -0.1) is 0 Å². The van der Waals surface area contributed by atoms with Crippen LogP contribution in [0.3, 0.4) is 0 Å². The molecule has 1 aliphatic heterocycles. The number of carbonyl (C=O) groups is 2. The topological polar surface area (TPSA) is 71.1 Å². The second kappa shape index (κ2) is 8.21. The van der Waals surface area contributed by atoms with E-state index in [2.05, 4.69) is 5.32 Å². The van der Waals surface area contributed by atoms with Crippen LogP contribution in [-0.4, -0.2) is 46.7 Å². The number of hydrogen-bond donors (Lipinski definition) is 1. The van der Waals surface area contributed by atoms with E-state index in [1.807, 2.05) is 43.3 Å². The van der Waals surface area contributed by atoms with Crippen LogP contribution in [0, 0.1) is 5.92 Å². The van der Waals surface area contributed by atoms with Gasteiger partial charge in [-0.25, -0.2) is 0 Å². The van der Waals surface area contributed by atoms with Gasteiger partial charge in [0.15, 0.2) is 0 Å². The smallest absolute Gasteiger partial charge is 0.229 e. The van der Waals surface area contributed by atoms with E-state index in [-0.39, 0.29) is 18.2 Å². The van der Waals surface area contributed by atoms with Gasteiger partial charge in [0.2, 0.25) is 11.8 Å². The average Bonchev–Trinajstić information content (AvgIpc) is 3.09. The van der Waals surface area contributed by atoms with E-state index in [0.717, 1.165) is 11.4 Å². The Labute approximate surface area is 164 Å². The zero-order chi connectivity index (χ0) is 20.3. The Balaban J connectivity index is 1.79. The molecular weight excluding hydrogens is 358 g/mol. The van der Waals surface area contributed by atoms with E-state index in [0.29, 0.717) is 23.7 Å². The normalized spacial score (nSPS) is 16.1. The van der Waals surface area contributed by atoms with Gasteiger partial charge in [0.1, 0.15) is 11.5 Å². The first kappa shape index (κ1) is 19.5. The number of benzene rings is 2. The van der Waals surface area contributed by atoms with Crippen LogP contribution in [0.25, 0.3) is 0 Å². The van der Waals surface area contributed by atoms with Gasteiger partial charge in [-0.2, -0.15) is 0 Å². The highest BCUT2D eigenvalue weighted by molar-refractivity contribution is 6.05. The van der Waals surface area contributed by atoms with Crippen LogP contribution >= 0.6 is 0 Å². The lowest BCUT2D eigenvalue weighted by Gasteiger charge is -2.21. The van der Waals surface area contributed by atoms with Crippen molar-refractivity contribution in [3.05, 3.63) is 42.5 Å². The van der Waals surface area contributed by atoms with Crippen LogP contribution in [0.4, 0.5) is 17.1 Å². The van der Waals surface area contributed by atoms with E-state index < -0.39 is 5.92 Å². The van der Waals surface area contributed by atoms with Crippen molar-refractivity contribution in [3.8, 4) is 11.5 Å². The van der Waals surface area contributed by atoms with Crippen LogP contribution in [0.5, 0.6) is 11.5 Å². The highest BCUT2D eigenvalue weighted by atomic mass is 16.5. The Kier molecular flexibility index (Phi) is 5.73. The molecule has 2 aromatic rings. The molecular formula is C21H25N3O4. The molecule has 1 unspecified atom stereocenters.